The molecule has 1 saturated heterocycles. The van der Waals surface area contributed by atoms with Gasteiger partial charge in [0.05, 0.1) is 13.7 Å². The third-order valence-electron chi connectivity index (χ3n) is 10.5. The van der Waals surface area contributed by atoms with E-state index in [0.717, 1.165) is 54.0 Å². The van der Waals surface area contributed by atoms with Gasteiger partial charge in [0.1, 0.15) is 29.5 Å². The Balaban J connectivity index is 1.15. The number of ether oxygens (including phenoxy) is 3. The van der Waals surface area contributed by atoms with E-state index in [1.54, 1.807) is 6.92 Å². The Bertz CT molecular complexity index is 1510. The fourth-order valence-electron chi connectivity index (χ4n) is 8.75. The van der Waals surface area contributed by atoms with Gasteiger partial charge in [0.2, 0.25) is 5.91 Å². The zero-order valence-corrected chi connectivity index (χ0v) is 25.4. The van der Waals surface area contributed by atoms with Gasteiger partial charge in [0.15, 0.2) is 0 Å². The number of rotatable bonds is 8. The molecule has 4 aliphatic carbocycles. The summed E-state index contributed by atoms with van der Waals surface area (Å²) in [6, 6.07) is 16.4. The van der Waals surface area contributed by atoms with E-state index in [9.17, 15) is 14.4 Å². The van der Waals surface area contributed by atoms with Crippen molar-refractivity contribution in [2.45, 2.75) is 75.7 Å². The molecule has 1 aromatic heterocycles. The number of likely N-dealkylation sites (tertiary alicyclic amines) is 1. The number of hydrogen-bond acceptors (Lipinski definition) is 6. The summed E-state index contributed by atoms with van der Waals surface area (Å²) in [5, 5.41) is 3.99. The second-order valence-electron chi connectivity index (χ2n) is 13.6. The van der Waals surface area contributed by atoms with Gasteiger partial charge < -0.3 is 29.4 Å². The van der Waals surface area contributed by atoms with Crippen LogP contribution >= 0.6 is 0 Å². The lowest BCUT2D eigenvalue weighted by Crippen LogP contribution is -2.62. The van der Waals surface area contributed by atoms with Crippen molar-refractivity contribution in [3.8, 4) is 5.75 Å². The van der Waals surface area contributed by atoms with E-state index in [-0.39, 0.29) is 31.4 Å². The molecule has 232 valence electrons. The van der Waals surface area contributed by atoms with Crippen LogP contribution in [0.1, 0.15) is 51.0 Å². The van der Waals surface area contributed by atoms with Crippen molar-refractivity contribution in [3.05, 3.63) is 66.4 Å². The van der Waals surface area contributed by atoms with Gasteiger partial charge in [-0.15, -0.1) is 0 Å². The number of carbonyl (C=O) groups is 3. The van der Waals surface area contributed by atoms with Crippen LogP contribution in [0.15, 0.2) is 60.8 Å². The smallest absolute Gasteiger partial charge is 0.408 e. The Morgan fingerprint density at radius 3 is 2.32 bits per heavy atom. The van der Waals surface area contributed by atoms with Gasteiger partial charge >= 0.3 is 12.1 Å². The number of carbonyl (C=O) groups excluding carboxylic acids is 3. The molecule has 2 amide bonds. The molecule has 8 rings (SSSR count). The number of H-pyrrole nitrogens is 1. The summed E-state index contributed by atoms with van der Waals surface area (Å²) < 4.78 is 17.5. The van der Waals surface area contributed by atoms with E-state index in [0.29, 0.717) is 17.6 Å². The van der Waals surface area contributed by atoms with Crippen LogP contribution in [0.4, 0.5) is 4.79 Å². The molecule has 5 fully saturated rings. The first-order valence-corrected chi connectivity index (χ1v) is 15.9. The van der Waals surface area contributed by atoms with Gasteiger partial charge in [0, 0.05) is 29.9 Å². The van der Waals surface area contributed by atoms with Crippen molar-refractivity contribution in [2.75, 3.05) is 13.7 Å². The van der Waals surface area contributed by atoms with Gasteiger partial charge in [-0.2, -0.15) is 0 Å². The van der Waals surface area contributed by atoms with Crippen LogP contribution in [0.25, 0.3) is 10.9 Å². The minimum absolute atomic E-state index is 0.117. The summed E-state index contributed by atoms with van der Waals surface area (Å²) in [6.45, 7) is 1.91. The number of fused-ring (bicyclic) bond motifs is 1. The molecule has 4 bridgehead atoms. The van der Waals surface area contributed by atoms with Gasteiger partial charge in [-0.05, 0) is 86.5 Å². The van der Waals surface area contributed by atoms with E-state index in [1.165, 1.54) is 18.4 Å². The normalized spacial score (nSPS) is 30.1. The number of alkyl carbamates (subject to hydrolysis) is 1. The maximum atomic E-state index is 14.6. The number of methoxy groups -OCH3 is 1. The Kier molecular flexibility index (Phi) is 7.50. The summed E-state index contributed by atoms with van der Waals surface area (Å²) >= 11 is 0. The molecule has 2 heterocycles. The number of nitrogens with one attached hydrogen (secondary N) is 2. The molecule has 0 spiro atoms. The highest BCUT2D eigenvalue weighted by Crippen LogP contribution is 2.54. The van der Waals surface area contributed by atoms with Gasteiger partial charge in [-0.25, -0.2) is 9.59 Å². The lowest BCUT2D eigenvalue weighted by Gasteiger charge is -2.53. The Morgan fingerprint density at radius 1 is 0.932 bits per heavy atom. The van der Waals surface area contributed by atoms with E-state index in [1.807, 2.05) is 60.8 Å². The summed E-state index contributed by atoms with van der Waals surface area (Å²) in [6.07, 6.45) is 7.05. The van der Waals surface area contributed by atoms with E-state index in [4.69, 9.17) is 14.2 Å². The van der Waals surface area contributed by atoms with Crippen molar-refractivity contribution in [2.24, 2.45) is 23.7 Å². The molecule has 3 aromatic rings. The molecule has 1 unspecified atom stereocenters. The molecule has 2 N–H and O–H groups in total. The van der Waals surface area contributed by atoms with Crippen molar-refractivity contribution in [1.29, 1.82) is 0 Å². The Morgan fingerprint density at radius 2 is 1.61 bits per heavy atom. The van der Waals surface area contributed by atoms with Gasteiger partial charge in [-0.1, -0.05) is 36.4 Å². The lowest BCUT2D eigenvalue weighted by atomic mass is 9.55. The molecule has 1 aliphatic heterocycles. The van der Waals surface area contributed by atoms with Gasteiger partial charge in [0.25, 0.3) is 0 Å². The number of aromatic nitrogens is 1. The molecular formula is C35H41N3O6. The summed E-state index contributed by atoms with van der Waals surface area (Å²) in [5.74, 6) is 2.07. The SMILES string of the molecule is COC(=O)[C@H]1C[C@H](Oc2ccccc2)CN1C(=O)C(C)(Cc1c[nH]c2ccccc12)NC(=O)OC1C2CC3CC(C2)CC1C3. The summed E-state index contributed by atoms with van der Waals surface area (Å²) in [4.78, 5) is 46.1. The fourth-order valence-corrected chi connectivity index (χ4v) is 8.75. The number of benzene rings is 2. The minimum Gasteiger partial charge on any atom is -0.488 e. The number of esters is 1. The van der Waals surface area contributed by atoms with Crippen LogP contribution in [0.5, 0.6) is 5.75 Å². The van der Waals surface area contributed by atoms with Crippen LogP contribution in [0, 0.1) is 23.7 Å². The molecule has 2 aromatic carbocycles. The number of amides is 2. The first kappa shape index (κ1) is 28.7. The van der Waals surface area contributed by atoms with Crippen molar-refractivity contribution in [3.63, 3.8) is 0 Å². The predicted molar refractivity (Wildman–Crippen MR) is 164 cm³/mol. The van der Waals surface area contributed by atoms with Crippen LogP contribution in [0.2, 0.25) is 0 Å². The fraction of sp³-hybridized carbons (Fsp3) is 0.514. The van der Waals surface area contributed by atoms with Crippen LogP contribution in [0.3, 0.4) is 0 Å². The third kappa shape index (κ3) is 5.41. The molecule has 9 nitrogen and oxygen atoms in total. The number of para-hydroxylation sites is 2. The topological polar surface area (TPSA) is 110 Å². The average molecular weight is 600 g/mol. The van der Waals surface area contributed by atoms with Crippen LogP contribution in [-0.4, -0.2) is 65.3 Å². The lowest BCUT2D eigenvalue weighted by molar-refractivity contribution is -0.153. The van der Waals surface area contributed by atoms with E-state index < -0.39 is 29.7 Å². The largest absolute Gasteiger partial charge is 0.488 e. The van der Waals surface area contributed by atoms with Crippen LogP contribution in [-0.2, 0) is 25.5 Å². The molecule has 5 aliphatic rings. The predicted octanol–water partition coefficient (Wildman–Crippen LogP) is 5.24. The first-order valence-electron chi connectivity index (χ1n) is 15.9. The molecule has 9 heteroatoms. The molecule has 3 atom stereocenters. The maximum Gasteiger partial charge on any atom is 0.408 e. The van der Waals surface area contributed by atoms with E-state index >= 15 is 0 Å². The molecule has 0 radical (unpaired) electrons. The average Bonchev–Trinajstić information content (AvgIpc) is 3.62. The van der Waals surface area contributed by atoms with Gasteiger partial charge in [-0.3, -0.25) is 4.79 Å². The Hall–Kier alpha value is -4.01. The van der Waals surface area contributed by atoms with Crippen molar-refractivity contribution < 1.29 is 28.6 Å². The van der Waals surface area contributed by atoms with Crippen molar-refractivity contribution in [1.82, 2.24) is 15.2 Å². The van der Waals surface area contributed by atoms with Crippen molar-refractivity contribution >= 4 is 28.9 Å². The van der Waals surface area contributed by atoms with E-state index in [2.05, 4.69) is 10.3 Å². The first-order chi connectivity index (χ1) is 21.3. The monoisotopic (exact) mass is 599 g/mol. The highest BCUT2D eigenvalue weighted by molar-refractivity contribution is 5.94. The highest BCUT2D eigenvalue weighted by Gasteiger charge is 2.52. The zero-order valence-electron chi connectivity index (χ0n) is 25.4. The number of nitrogens with zero attached hydrogens (tertiary/aromatic N) is 1. The number of hydrogen-bond donors (Lipinski definition) is 2. The minimum atomic E-state index is -1.40. The Labute approximate surface area is 257 Å². The highest BCUT2D eigenvalue weighted by atomic mass is 16.6. The maximum absolute atomic E-state index is 14.6. The summed E-state index contributed by atoms with van der Waals surface area (Å²) in [5.41, 5.74) is 0.428. The zero-order chi connectivity index (χ0) is 30.4. The standard InChI is InChI=1S/C35H41N3O6/c1-35(18-25-19-36-29-11-7-6-10-28(25)29,37-34(41)44-31-23-13-21-12-22(15-23)16-24(31)14-21)33(40)38-20-27(17-30(38)32(39)42-2)43-26-8-4-3-5-9-26/h3-11,19,21-24,27,30-31,36H,12-18,20H2,1-2H3,(H,37,41)/t21?,22?,23?,24?,27-,30+,31?,35?/m0/s1. The number of aromatic amines is 1. The third-order valence-corrected chi connectivity index (χ3v) is 10.5. The second-order valence-corrected chi connectivity index (χ2v) is 13.6. The molecule has 44 heavy (non-hydrogen) atoms. The molecular weight excluding hydrogens is 558 g/mol. The van der Waals surface area contributed by atoms with Crippen LogP contribution < -0.4 is 10.1 Å². The summed E-state index contributed by atoms with van der Waals surface area (Å²) in [7, 11) is 1.32. The second kappa shape index (κ2) is 11.5. The quantitative estimate of drug-likeness (QED) is 0.343. The molecule has 4 saturated carbocycles.